The molecule has 3 aliphatic rings. The number of carboxylic acid groups (broad SMARTS) is 1. The second kappa shape index (κ2) is 6.22. The minimum Gasteiger partial charge on any atom is -0.481 e. The third kappa shape index (κ3) is 3.15. The highest BCUT2D eigenvalue weighted by Gasteiger charge is 2.36. The highest BCUT2D eigenvalue weighted by molar-refractivity contribution is 5.77. The quantitative estimate of drug-likeness (QED) is 0.801. The molecule has 1 saturated carbocycles. The Morgan fingerprint density at radius 2 is 1.81 bits per heavy atom. The van der Waals surface area contributed by atoms with E-state index in [2.05, 4.69) is 10.2 Å². The van der Waals surface area contributed by atoms with Crippen LogP contribution in [0.2, 0.25) is 0 Å². The smallest absolute Gasteiger partial charge is 0.317 e. The second-order valence-corrected chi connectivity index (χ2v) is 6.56. The Bertz CT molecular complexity index is 415. The minimum atomic E-state index is -0.782. The summed E-state index contributed by atoms with van der Waals surface area (Å²) >= 11 is 0. The van der Waals surface area contributed by atoms with Crippen LogP contribution in [0.25, 0.3) is 0 Å². The third-order valence-corrected chi connectivity index (χ3v) is 5.23. The van der Waals surface area contributed by atoms with E-state index < -0.39 is 11.9 Å². The summed E-state index contributed by atoms with van der Waals surface area (Å²) in [6.07, 6.45) is 5.76. The van der Waals surface area contributed by atoms with Crippen LogP contribution in [-0.2, 0) is 4.79 Å². The normalized spacial score (nSPS) is 33.5. The van der Waals surface area contributed by atoms with Gasteiger partial charge in [-0.2, -0.15) is 0 Å². The van der Waals surface area contributed by atoms with E-state index in [0.29, 0.717) is 12.5 Å². The fraction of sp³-hybridized carbons (Fsp3) is 0.867. The van der Waals surface area contributed by atoms with Gasteiger partial charge in [0.2, 0.25) is 0 Å². The summed E-state index contributed by atoms with van der Waals surface area (Å²) in [7, 11) is 0. The molecular weight excluding hydrogens is 270 g/mol. The summed E-state index contributed by atoms with van der Waals surface area (Å²) in [5.74, 6) is -1.19. The van der Waals surface area contributed by atoms with E-state index in [1.165, 1.54) is 12.8 Å². The van der Waals surface area contributed by atoms with Crippen LogP contribution in [0.4, 0.5) is 4.79 Å². The van der Waals surface area contributed by atoms with E-state index in [-0.39, 0.29) is 12.1 Å². The number of amides is 2. The number of fused-ring (bicyclic) bond motifs is 1. The van der Waals surface area contributed by atoms with Gasteiger partial charge < -0.3 is 15.3 Å². The van der Waals surface area contributed by atoms with Gasteiger partial charge in [0.25, 0.3) is 0 Å². The molecule has 0 aromatic rings. The molecule has 2 N–H and O–H groups in total. The molecular formula is C15H25N3O3. The van der Waals surface area contributed by atoms with Crippen molar-refractivity contribution in [3.05, 3.63) is 0 Å². The van der Waals surface area contributed by atoms with Gasteiger partial charge in [0.05, 0.1) is 5.92 Å². The van der Waals surface area contributed by atoms with Crippen LogP contribution < -0.4 is 5.32 Å². The van der Waals surface area contributed by atoms with Crippen LogP contribution in [0.15, 0.2) is 0 Å². The molecule has 0 spiro atoms. The van der Waals surface area contributed by atoms with Gasteiger partial charge in [0, 0.05) is 31.7 Å². The molecule has 1 aliphatic carbocycles. The second-order valence-electron chi connectivity index (χ2n) is 6.56. The van der Waals surface area contributed by atoms with Gasteiger partial charge in [0.1, 0.15) is 0 Å². The first-order chi connectivity index (χ1) is 10.1. The number of rotatable bonds is 2. The van der Waals surface area contributed by atoms with Crippen molar-refractivity contribution in [3.8, 4) is 0 Å². The maximum Gasteiger partial charge on any atom is 0.317 e. The molecule has 0 aromatic heterocycles. The Hall–Kier alpha value is -1.30. The summed E-state index contributed by atoms with van der Waals surface area (Å²) in [4.78, 5) is 28.1. The number of carbonyl (C=O) groups excluding carboxylic acids is 1. The monoisotopic (exact) mass is 295 g/mol. The molecule has 2 saturated heterocycles. The van der Waals surface area contributed by atoms with Crippen LogP contribution in [-0.4, -0.2) is 65.2 Å². The molecule has 3 atom stereocenters. The number of hydrogen-bond donors (Lipinski definition) is 2. The third-order valence-electron chi connectivity index (χ3n) is 5.23. The van der Waals surface area contributed by atoms with Crippen molar-refractivity contribution in [1.29, 1.82) is 0 Å². The molecule has 3 fully saturated rings. The maximum atomic E-state index is 12.5. The molecule has 0 bridgehead atoms. The molecule has 3 rings (SSSR count). The number of urea groups is 1. The van der Waals surface area contributed by atoms with Crippen LogP contribution in [0.5, 0.6) is 0 Å². The van der Waals surface area contributed by atoms with Gasteiger partial charge in [-0.1, -0.05) is 6.42 Å². The Morgan fingerprint density at radius 3 is 2.62 bits per heavy atom. The summed E-state index contributed by atoms with van der Waals surface area (Å²) in [6, 6.07) is 0.233. The molecule has 118 valence electrons. The number of nitrogens with zero attached hydrogens (tertiary/aromatic N) is 2. The lowest BCUT2D eigenvalue weighted by Crippen LogP contribution is -2.49. The highest BCUT2D eigenvalue weighted by atomic mass is 16.4. The van der Waals surface area contributed by atoms with E-state index in [0.717, 1.165) is 45.4 Å². The van der Waals surface area contributed by atoms with E-state index >= 15 is 0 Å². The lowest BCUT2D eigenvalue weighted by atomic mass is 10.0. The molecule has 2 amide bonds. The number of hydrogen-bond acceptors (Lipinski definition) is 3. The Morgan fingerprint density at radius 1 is 1.00 bits per heavy atom. The standard InChI is InChI=1S/C15H25N3O3/c19-14(20)12-5-1-6-13(12)16-15(21)18-9-3-8-17-7-2-4-11(17)10-18/h11-13H,1-10H2,(H,16,21)(H,19,20). The van der Waals surface area contributed by atoms with E-state index in [9.17, 15) is 14.7 Å². The summed E-state index contributed by atoms with van der Waals surface area (Å²) in [6.45, 7) is 3.80. The zero-order valence-electron chi connectivity index (χ0n) is 12.5. The van der Waals surface area contributed by atoms with Crippen molar-refractivity contribution in [3.63, 3.8) is 0 Å². The van der Waals surface area contributed by atoms with Crippen LogP contribution in [0.3, 0.4) is 0 Å². The fourth-order valence-corrected chi connectivity index (χ4v) is 4.07. The average molecular weight is 295 g/mol. The first kappa shape index (κ1) is 14.6. The predicted molar refractivity (Wildman–Crippen MR) is 78.1 cm³/mol. The van der Waals surface area contributed by atoms with E-state index in [1.54, 1.807) is 0 Å². The first-order valence-corrected chi connectivity index (χ1v) is 8.17. The molecule has 0 aromatic carbocycles. The Labute approximate surface area is 125 Å². The SMILES string of the molecule is O=C(O)C1CCCC1NC(=O)N1CCCN2CCCC2C1. The largest absolute Gasteiger partial charge is 0.481 e. The molecule has 2 heterocycles. The molecule has 6 nitrogen and oxygen atoms in total. The fourth-order valence-electron chi connectivity index (χ4n) is 4.07. The lowest BCUT2D eigenvalue weighted by Gasteiger charge is -2.28. The minimum absolute atomic E-state index is 0.0677. The van der Waals surface area contributed by atoms with Crippen LogP contribution in [0, 0.1) is 5.92 Å². The Balaban J connectivity index is 1.58. The molecule has 6 heteroatoms. The Kier molecular flexibility index (Phi) is 4.33. The van der Waals surface area contributed by atoms with Gasteiger partial charge >= 0.3 is 12.0 Å². The number of carbonyl (C=O) groups is 2. The molecule has 0 radical (unpaired) electrons. The van der Waals surface area contributed by atoms with Crippen LogP contribution in [0.1, 0.15) is 38.5 Å². The lowest BCUT2D eigenvalue weighted by molar-refractivity contribution is -0.142. The zero-order valence-corrected chi connectivity index (χ0v) is 12.5. The summed E-state index contributed by atoms with van der Waals surface area (Å²) in [5, 5.41) is 12.2. The van der Waals surface area contributed by atoms with Crippen molar-refractivity contribution in [2.24, 2.45) is 5.92 Å². The zero-order chi connectivity index (χ0) is 14.8. The maximum absolute atomic E-state index is 12.5. The van der Waals surface area contributed by atoms with Crippen molar-refractivity contribution in [1.82, 2.24) is 15.1 Å². The predicted octanol–water partition coefficient (Wildman–Crippen LogP) is 1.12. The van der Waals surface area contributed by atoms with E-state index in [1.807, 2.05) is 4.90 Å². The molecule has 21 heavy (non-hydrogen) atoms. The van der Waals surface area contributed by atoms with Gasteiger partial charge in [-0.25, -0.2) is 4.79 Å². The van der Waals surface area contributed by atoms with Gasteiger partial charge in [0.15, 0.2) is 0 Å². The average Bonchev–Trinajstić information content (AvgIpc) is 3.03. The number of carboxylic acids is 1. The summed E-state index contributed by atoms with van der Waals surface area (Å²) < 4.78 is 0. The number of aliphatic carboxylic acids is 1. The highest BCUT2D eigenvalue weighted by Crippen LogP contribution is 2.26. The van der Waals surface area contributed by atoms with Crippen LogP contribution >= 0.6 is 0 Å². The molecule has 3 unspecified atom stereocenters. The van der Waals surface area contributed by atoms with Crippen molar-refractivity contribution in [2.75, 3.05) is 26.2 Å². The van der Waals surface area contributed by atoms with E-state index in [4.69, 9.17) is 0 Å². The van der Waals surface area contributed by atoms with Gasteiger partial charge in [-0.3, -0.25) is 9.69 Å². The topological polar surface area (TPSA) is 72.9 Å². The first-order valence-electron chi connectivity index (χ1n) is 8.17. The van der Waals surface area contributed by atoms with Gasteiger partial charge in [-0.05, 0) is 38.6 Å². The van der Waals surface area contributed by atoms with Gasteiger partial charge in [-0.15, -0.1) is 0 Å². The van der Waals surface area contributed by atoms with Crippen molar-refractivity contribution < 1.29 is 14.7 Å². The van der Waals surface area contributed by atoms with Crippen molar-refractivity contribution >= 4 is 12.0 Å². The van der Waals surface area contributed by atoms with Crippen molar-refractivity contribution in [2.45, 2.75) is 50.6 Å². The summed E-state index contributed by atoms with van der Waals surface area (Å²) in [5.41, 5.74) is 0. The molecule has 2 aliphatic heterocycles. The number of nitrogens with one attached hydrogen (secondary N) is 1.